The Morgan fingerprint density at radius 2 is 1.89 bits per heavy atom. The molecule has 3 aromatic rings. The number of hydrogen-bond donors (Lipinski definition) is 1. The Labute approximate surface area is 173 Å². The van der Waals surface area contributed by atoms with Gasteiger partial charge in [0.05, 0.1) is 34.6 Å². The topological polar surface area (TPSA) is 68.5 Å². The van der Waals surface area contributed by atoms with Crippen LogP contribution in [-0.2, 0) is 4.74 Å². The number of nitrogens with two attached hydrogens (primary N) is 1. The van der Waals surface area contributed by atoms with Gasteiger partial charge in [-0.2, -0.15) is 0 Å². The minimum atomic E-state index is -0.420. The zero-order valence-corrected chi connectivity index (χ0v) is 17.2. The van der Waals surface area contributed by atoms with E-state index < -0.39 is 5.97 Å². The van der Waals surface area contributed by atoms with Gasteiger partial charge >= 0.3 is 5.97 Å². The van der Waals surface area contributed by atoms with E-state index in [9.17, 15) is 4.79 Å². The van der Waals surface area contributed by atoms with Crippen molar-refractivity contribution in [2.24, 2.45) is 0 Å². The van der Waals surface area contributed by atoms with Gasteiger partial charge in [0, 0.05) is 29.7 Å². The van der Waals surface area contributed by atoms with Crippen LogP contribution in [0.1, 0.15) is 23.2 Å². The molecule has 0 amide bonds. The van der Waals surface area contributed by atoms with Gasteiger partial charge in [-0.05, 0) is 43.2 Å². The summed E-state index contributed by atoms with van der Waals surface area (Å²) in [6, 6.07) is 13.4. The fraction of sp³-hybridized carbons (Fsp3) is 0.238. The number of thiazole rings is 1. The molecule has 0 aliphatic carbocycles. The van der Waals surface area contributed by atoms with Gasteiger partial charge in [-0.15, -0.1) is 11.3 Å². The van der Waals surface area contributed by atoms with Crippen molar-refractivity contribution in [1.29, 1.82) is 0 Å². The predicted octanol–water partition coefficient (Wildman–Crippen LogP) is 5.12. The van der Waals surface area contributed by atoms with Crippen molar-refractivity contribution in [3.63, 3.8) is 0 Å². The molecule has 1 aromatic heterocycles. The molecule has 0 radical (unpaired) electrons. The lowest BCUT2D eigenvalue weighted by Gasteiger charge is -2.17. The number of benzene rings is 2. The molecule has 2 aromatic carbocycles. The quantitative estimate of drug-likeness (QED) is 0.475. The zero-order valence-electron chi connectivity index (χ0n) is 15.6. The summed E-state index contributed by atoms with van der Waals surface area (Å²) >= 11 is 7.32. The van der Waals surface area contributed by atoms with E-state index in [1.807, 2.05) is 5.51 Å². The molecule has 0 atom stereocenters. The number of rotatable bonds is 3. The van der Waals surface area contributed by atoms with Crippen LogP contribution in [0.2, 0.25) is 5.02 Å². The van der Waals surface area contributed by atoms with Crippen molar-refractivity contribution in [3.05, 3.63) is 63.9 Å². The fourth-order valence-corrected chi connectivity index (χ4v) is 3.69. The normalized spacial score (nSPS) is 13.0. The SMILES string of the molecule is COC(=O)c1ccc(N)c(Cl)c1.c1nc(-c2ccc(N3CCCC3)cc2)cs1. The Hall–Kier alpha value is -2.57. The van der Waals surface area contributed by atoms with Gasteiger partial charge < -0.3 is 15.4 Å². The van der Waals surface area contributed by atoms with Gasteiger partial charge in [-0.1, -0.05) is 23.7 Å². The first-order valence-electron chi connectivity index (χ1n) is 8.95. The Kier molecular flexibility index (Phi) is 6.90. The summed E-state index contributed by atoms with van der Waals surface area (Å²) in [5.41, 5.74) is 11.8. The molecule has 28 heavy (non-hydrogen) atoms. The van der Waals surface area contributed by atoms with Gasteiger partial charge in [0.25, 0.3) is 0 Å². The number of esters is 1. The summed E-state index contributed by atoms with van der Waals surface area (Å²) in [7, 11) is 1.31. The Morgan fingerprint density at radius 3 is 2.46 bits per heavy atom. The molecule has 2 heterocycles. The number of ether oxygens (including phenoxy) is 1. The van der Waals surface area contributed by atoms with E-state index in [4.69, 9.17) is 17.3 Å². The maximum Gasteiger partial charge on any atom is 0.337 e. The Balaban J connectivity index is 0.000000169. The summed E-state index contributed by atoms with van der Waals surface area (Å²) in [5.74, 6) is -0.420. The molecule has 146 valence electrons. The van der Waals surface area contributed by atoms with E-state index in [-0.39, 0.29) is 0 Å². The monoisotopic (exact) mass is 415 g/mol. The standard InChI is InChI=1S/C13H14N2S.C8H8ClNO2/c1-2-8-15(7-1)12-5-3-11(4-6-12)13-9-16-10-14-13;1-12-8(11)5-2-3-7(10)6(9)4-5/h3-6,9-10H,1-2,7-8H2;2-4H,10H2,1H3. The fourth-order valence-electron chi connectivity index (χ4n) is 2.95. The van der Waals surface area contributed by atoms with Crippen molar-refractivity contribution >= 4 is 40.3 Å². The van der Waals surface area contributed by atoms with Crippen molar-refractivity contribution < 1.29 is 9.53 Å². The van der Waals surface area contributed by atoms with Crippen LogP contribution in [0, 0.1) is 0 Å². The molecule has 5 nitrogen and oxygen atoms in total. The molecule has 4 rings (SSSR count). The summed E-state index contributed by atoms with van der Waals surface area (Å²) in [6.45, 7) is 2.41. The third kappa shape index (κ3) is 5.03. The predicted molar refractivity (Wildman–Crippen MR) is 116 cm³/mol. The molecule has 7 heteroatoms. The van der Waals surface area contributed by atoms with E-state index in [0.717, 1.165) is 5.69 Å². The molecule has 0 spiro atoms. The summed E-state index contributed by atoms with van der Waals surface area (Å²) in [6.07, 6.45) is 2.65. The third-order valence-corrected chi connectivity index (χ3v) is 5.40. The second-order valence-electron chi connectivity index (χ2n) is 6.34. The first-order valence-corrected chi connectivity index (χ1v) is 10.3. The van der Waals surface area contributed by atoms with E-state index in [2.05, 4.69) is 44.3 Å². The molecule has 0 unspecified atom stereocenters. The van der Waals surface area contributed by atoms with E-state index in [1.165, 1.54) is 50.4 Å². The summed E-state index contributed by atoms with van der Waals surface area (Å²) in [5, 5.41) is 2.45. The number of halogens is 1. The summed E-state index contributed by atoms with van der Waals surface area (Å²) in [4.78, 5) is 17.7. The lowest BCUT2D eigenvalue weighted by Crippen LogP contribution is -2.17. The van der Waals surface area contributed by atoms with Crippen molar-refractivity contribution in [1.82, 2.24) is 4.98 Å². The second-order valence-corrected chi connectivity index (χ2v) is 7.47. The molecule has 1 aliphatic heterocycles. The average Bonchev–Trinajstić information content (AvgIpc) is 3.44. The summed E-state index contributed by atoms with van der Waals surface area (Å²) < 4.78 is 4.49. The molecule has 2 N–H and O–H groups in total. The molecule has 1 aliphatic rings. The maximum atomic E-state index is 11.0. The van der Waals surface area contributed by atoms with Crippen LogP contribution in [0.5, 0.6) is 0 Å². The van der Waals surface area contributed by atoms with Crippen LogP contribution in [0.15, 0.2) is 53.4 Å². The average molecular weight is 416 g/mol. The zero-order chi connectivity index (χ0) is 19.9. The minimum Gasteiger partial charge on any atom is -0.465 e. The number of anilines is 2. The number of aromatic nitrogens is 1. The van der Waals surface area contributed by atoms with Gasteiger partial charge in [0.2, 0.25) is 0 Å². The second kappa shape index (κ2) is 9.57. The molecule has 1 fully saturated rings. The Morgan fingerprint density at radius 1 is 1.18 bits per heavy atom. The molecule has 1 saturated heterocycles. The third-order valence-electron chi connectivity index (χ3n) is 4.49. The number of methoxy groups -OCH3 is 1. The molecule has 0 bridgehead atoms. The maximum absolute atomic E-state index is 11.0. The number of carbonyl (C=O) groups excluding carboxylic acids is 1. The number of hydrogen-bond acceptors (Lipinski definition) is 6. The van der Waals surface area contributed by atoms with Crippen LogP contribution in [0.3, 0.4) is 0 Å². The number of nitrogen functional groups attached to an aromatic ring is 1. The first-order chi connectivity index (χ1) is 13.6. The smallest absolute Gasteiger partial charge is 0.337 e. The Bertz CT molecular complexity index is 908. The van der Waals surface area contributed by atoms with Gasteiger partial charge in [-0.25, -0.2) is 9.78 Å². The van der Waals surface area contributed by atoms with E-state index in [1.54, 1.807) is 23.5 Å². The van der Waals surface area contributed by atoms with Gasteiger partial charge in [-0.3, -0.25) is 0 Å². The minimum absolute atomic E-state index is 0.359. The van der Waals surface area contributed by atoms with Crippen LogP contribution in [0.4, 0.5) is 11.4 Å². The van der Waals surface area contributed by atoms with Gasteiger partial charge in [0.15, 0.2) is 0 Å². The van der Waals surface area contributed by atoms with Gasteiger partial charge in [0.1, 0.15) is 0 Å². The highest BCUT2D eigenvalue weighted by Crippen LogP contribution is 2.25. The lowest BCUT2D eigenvalue weighted by molar-refractivity contribution is 0.0601. The highest BCUT2D eigenvalue weighted by atomic mass is 35.5. The van der Waals surface area contributed by atoms with E-state index >= 15 is 0 Å². The number of carbonyl (C=O) groups is 1. The van der Waals surface area contributed by atoms with Crippen molar-refractivity contribution in [3.8, 4) is 11.3 Å². The highest BCUT2D eigenvalue weighted by Gasteiger charge is 2.12. The largest absolute Gasteiger partial charge is 0.465 e. The highest BCUT2D eigenvalue weighted by molar-refractivity contribution is 7.07. The van der Waals surface area contributed by atoms with Crippen LogP contribution in [0.25, 0.3) is 11.3 Å². The van der Waals surface area contributed by atoms with Crippen molar-refractivity contribution in [2.45, 2.75) is 12.8 Å². The van der Waals surface area contributed by atoms with Crippen LogP contribution < -0.4 is 10.6 Å². The number of nitrogens with zero attached hydrogens (tertiary/aromatic N) is 2. The van der Waals surface area contributed by atoms with E-state index in [0.29, 0.717) is 16.3 Å². The first kappa shape index (κ1) is 20.2. The van der Waals surface area contributed by atoms with Crippen molar-refractivity contribution in [2.75, 3.05) is 30.8 Å². The molecule has 0 saturated carbocycles. The molecular weight excluding hydrogens is 394 g/mol. The lowest BCUT2D eigenvalue weighted by atomic mass is 10.1. The van der Waals surface area contributed by atoms with Crippen LogP contribution in [-0.4, -0.2) is 31.2 Å². The van der Waals surface area contributed by atoms with Crippen LogP contribution >= 0.6 is 22.9 Å². The molecular formula is C21H22ClN3O2S.